The minimum absolute atomic E-state index is 0.188. The van der Waals surface area contributed by atoms with Gasteiger partial charge in [-0.1, -0.05) is 18.2 Å². The highest BCUT2D eigenvalue weighted by atomic mass is 19.1. The number of aromatic nitrogens is 1. The van der Waals surface area contributed by atoms with Crippen LogP contribution in [-0.2, 0) is 6.54 Å². The van der Waals surface area contributed by atoms with Gasteiger partial charge in [-0.2, -0.15) is 0 Å². The molecule has 0 aliphatic heterocycles. The van der Waals surface area contributed by atoms with Gasteiger partial charge in [0.05, 0.1) is 11.7 Å². The van der Waals surface area contributed by atoms with Gasteiger partial charge in [0, 0.05) is 12.7 Å². The fourth-order valence-corrected chi connectivity index (χ4v) is 3.70. The molecule has 3 rings (SSSR count). The number of nitrogens with one attached hydrogen (secondary N) is 1. The van der Waals surface area contributed by atoms with Crippen LogP contribution in [0.25, 0.3) is 0 Å². The largest absolute Gasteiger partial charge is 0.330 e. The summed E-state index contributed by atoms with van der Waals surface area (Å²) in [7, 11) is 0. The molecule has 1 heterocycles. The first-order valence-electron chi connectivity index (χ1n) is 8.85. The lowest BCUT2D eigenvalue weighted by atomic mass is 9.77. The van der Waals surface area contributed by atoms with Gasteiger partial charge in [0.15, 0.2) is 0 Å². The van der Waals surface area contributed by atoms with Crippen molar-refractivity contribution >= 4 is 0 Å². The summed E-state index contributed by atoms with van der Waals surface area (Å²) in [5.74, 6) is 1.03. The van der Waals surface area contributed by atoms with Gasteiger partial charge in [-0.25, -0.2) is 4.39 Å². The van der Waals surface area contributed by atoms with Crippen LogP contribution in [0.4, 0.5) is 4.39 Å². The Labute approximate surface area is 143 Å². The molecule has 1 aromatic carbocycles. The van der Waals surface area contributed by atoms with Crippen molar-refractivity contribution in [1.29, 1.82) is 0 Å². The zero-order valence-corrected chi connectivity index (χ0v) is 14.0. The minimum atomic E-state index is -0.188. The number of rotatable bonds is 6. The Morgan fingerprint density at radius 3 is 2.62 bits per heavy atom. The van der Waals surface area contributed by atoms with E-state index in [2.05, 4.69) is 16.4 Å². The molecule has 0 amide bonds. The van der Waals surface area contributed by atoms with E-state index in [1.54, 1.807) is 12.1 Å². The minimum Gasteiger partial charge on any atom is -0.330 e. The van der Waals surface area contributed by atoms with Crippen LogP contribution < -0.4 is 11.1 Å². The van der Waals surface area contributed by atoms with E-state index in [0.717, 1.165) is 17.8 Å². The van der Waals surface area contributed by atoms with Crippen LogP contribution in [0.2, 0.25) is 0 Å². The van der Waals surface area contributed by atoms with Crippen molar-refractivity contribution in [2.24, 2.45) is 17.6 Å². The Hall–Kier alpha value is -1.78. The third kappa shape index (κ3) is 4.40. The van der Waals surface area contributed by atoms with Gasteiger partial charge < -0.3 is 11.1 Å². The molecule has 1 saturated carbocycles. The summed E-state index contributed by atoms with van der Waals surface area (Å²) in [5, 5.41) is 3.62. The topological polar surface area (TPSA) is 50.9 Å². The Morgan fingerprint density at radius 2 is 1.96 bits per heavy atom. The molecule has 1 aliphatic carbocycles. The lowest BCUT2D eigenvalue weighted by Gasteiger charge is -2.34. The quantitative estimate of drug-likeness (QED) is 0.848. The third-order valence-electron chi connectivity index (χ3n) is 5.12. The van der Waals surface area contributed by atoms with Crippen LogP contribution in [0.1, 0.15) is 43.0 Å². The van der Waals surface area contributed by atoms with E-state index >= 15 is 0 Å². The normalized spacial score (nSPS) is 22.2. The number of hydrogen-bond donors (Lipinski definition) is 2. The highest BCUT2D eigenvalue weighted by molar-refractivity contribution is 5.17. The molecule has 3 nitrogen and oxygen atoms in total. The average Bonchev–Trinajstić information content (AvgIpc) is 2.63. The van der Waals surface area contributed by atoms with E-state index in [9.17, 15) is 4.39 Å². The fourth-order valence-electron chi connectivity index (χ4n) is 3.70. The molecule has 0 radical (unpaired) electrons. The van der Waals surface area contributed by atoms with Crippen LogP contribution in [-0.4, -0.2) is 11.5 Å². The molecule has 0 saturated heterocycles. The predicted octanol–water partition coefficient (Wildman–Crippen LogP) is 3.82. The van der Waals surface area contributed by atoms with E-state index in [0.29, 0.717) is 18.4 Å². The number of halogens is 1. The van der Waals surface area contributed by atoms with Crippen LogP contribution in [0.5, 0.6) is 0 Å². The van der Waals surface area contributed by atoms with E-state index in [1.807, 2.05) is 24.4 Å². The molecule has 1 aromatic heterocycles. The van der Waals surface area contributed by atoms with Crippen molar-refractivity contribution in [1.82, 2.24) is 10.3 Å². The van der Waals surface area contributed by atoms with Gasteiger partial charge in [-0.05, 0) is 73.9 Å². The molecule has 24 heavy (non-hydrogen) atoms. The predicted molar refractivity (Wildman–Crippen MR) is 94.7 cm³/mol. The van der Waals surface area contributed by atoms with Crippen LogP contribution in [0, 0.1) is 17.7 Å². The second-order valence-corrected chi connectivity index (χ2v) is 6.76. The second-order valence-electron chi connectivity index (χ2n) is 6.76. The van der Waals surface area contributed by atoms with Gasteiger partial charge >= 0.3 is 0 Å². The second kappa shape index (κ2) is 8.36. The zero-order chi connectivity index (χ0) is 16.8. The molecule has 1 atom stereocenters. The summed E-state index contributed by atoms with van der Waals surface area (Å²) in [6, 6.07) is 13.0. The van der Waals surface area contributed by atoms with Gasteiger partial charge in [-0.15, -0.1) is 0 Å². The molecule has 1 aliphatic rings. The zero-order valence-electron chi connectivity index (χ0n) is 14.0. The van der Waals surface area contributed by atoms with Crippen molar-refractivity contribution in [3.8, 4) is 0 Å². The first-order chi connectivity index (χ1) is 11.8. The molecule has 3 N–H and O–H groups in total. The molecule has 128 valence electrons. The SMILES string of the molecule is NCC1CCC(C(NCc2cccc(F)c2)c2ccccn2)CC1. The molecular formula is C20H26FN3. The van der Waals surface area contributed by atoms with Crippen LogP contribution >= 0.6 is 0 Å². The number of nitrogens with two attached hydrogens (primary N) is 1. The third-order valence-corrected chi connectivity index (χ3v) is 5.12. The van der Waals surface area contributed by atoms with Gasteiger partial charge in [0.1, 0.15) is 5.82 Å². The summed E-state index contributed by atoms with van der Waals surface area (Å²) in [4.78, 5) is 4.56. The average molecular weight is 327 g/mol. The maximum Gasteiger partial charge on any atom is 0.123 e. The van der Waals surface area contributed by atoms with Crippen molar-refractivity contribution in [2.45, 2.75) is 38.3 Å². The van der Waals surface area contributed by atoms with E-state index in [-0.39, 0.29) is 11.9 Å². The summed E-state index contributed by atoms with van der Waals surface area (Å²) >= 11 is 0. The molecule has 1 fully saturated rings. The first kappa shape index (κ1) is 17.1. The first-order valence-corrected chi connectivity index (χ1v) is 8.85. The van der Waals surface area contributed by atoms with E-state index in [1.165, 1.54) is 31.7 Å². The lowest BCUT2D eigenvalue weighted by Crippen LogP contribution is -2.32. The van der Waals surface area contributed by atoms with Crippen molar-refractivity contribution in [3.63, 3.8) is 0 Å². The molecule has 0 bridgehead atoms. The molecular weight excluding hydrogens is 301 g/mol. The highest BCUT2D eigenvalue weighted by Gasteiger charge is 2.28. The van der Waals surface area contributed by atoms with Crippen molar-refractivity contribution < 1.29 is 4.39 Å². The van der Waals surface area contributed by atoms with Gasteiger partial charge in [0.25, 0.3) is 0 Å². The van der Waals surface area contributed by atoms with Crippen LogP contribution in [0.3, 0.4) is 0 Å². The molecule has 1 unspecified atom stereocenters. The summed E-state index contributed by atoms with van der Waals surface area (Å²) < 4.78 is 13.4. The molecule has 4 heteroatoms. The smallest absolute Gasteiger partial charge is 0.123 e. The summed E-state index contributed by atoms with van der Waals surface area (Å²) in [6.45, 7) is 1.44. The Morgan fingerprint density at radius 1 is 1.12 bits per heavy atom. The van der Waals surface area contributed by atoms with Crippen LogP contribution in [0.15, 0.2) is 48.7 Å². The maximum absolute atomic E-state index is 13.4. The number of hydrogen-bond acceptors (Lipinski definition) is 3. The van der Waals surface area contributed by atoms with Gasteiger partial charge in [-0.3, -0.25) is 4.98 Å². The van der Waals surface area contributed by atoms with Crippen molar-refractivity contribution in [2.75, 3.05) is 6.54 Å². The van der Waals surface area contributed by atoms with E-state index < -0.39 is 0 Å². The summed E-state index contributed by atoms with van der Waals surface area (Å²) in [6.07, 6.45) is 6.55. The lowest BCUT2D eigenvalue weighted by molar-refractivity contribution is 0.221. The molecule has 0 spiro atoms. The monoisotopic (exact) mass is 327 g/mol. The number of benzene rings is 1. The molecule has 2 aromatic rings. The van der Waals surface area contributed by atoms with Crippen molar-refractivity contribution in [3.05, 3.63) is 65.7 Å². The highest BCUT2D eigenvalue weighted by Crippen LogP contribution is 2.36. The number of pyridine rings is 1. The number of nitrogens with zero attached hydrogens (tertiary/aromatic N) is 1. The Balaban J connectivity index is 1.71. The Bertz CT molecular complexity index is 624. The fraction of sp³-hybridized carbons (Fsp3) is 0.450. The maximum atomic E-state index is 13.4. The Kier molecular flexibility index (Phi) is 5.94. The standard InChI is InChI=1S/C20H26FN3/c21-18-5-3-4-16(12-18)14-24-20(19-6-1-2-11-23-19)17-9-7-15(13-22)8-10-17/h1-6,11-12,15,17,20,24H,7-10,13-14,22H2. The summed E-state index contributed by atoms with van der Waals surface area (Å²) in [5.41, 5.74) is 7.86. The van der Waals surface area contributed by atoms with Gasteiger partial charge in [0.2, 0.25) is 0 Å². The van der Waals surface area contributed by atoms with E-state index in [4.69, 9.17) is 5.73 Å².